The SMILES string of the molecule is CC(Cc1ccccc1)(C(=O)NC1CCS(=O)(=O)C1)c1ccccc1. The molecule has 5 heteroatoms. The lowest BCUT2D eigenvalue weighted by Gasteiger charge is -2.30. The molecule has 0 spiro atoms. The van der Waals surface area contributed by atoms with Gasteiger partial charge in [-0.15, -0.1) is 0 Å². The summed E-state index contributed by atoms with van der Waals surface area (Å²) in [6, 6.07) is 19.3. The first-order valence-electron chi connectivity index (χ1n) is 8.50. The highest BCUT2D eigenvalue weighted by Crippen LogP contribution is 2.29. The first-order chi connectivity index (χ1) is 11.9. The second kappa shape index (κ2) is 7.00. The number of nitrogens with one attached hydrogen (secondary N) is 1. The molecular formula is C20H23NO3S. The number of hydrogen-bond acceptors (Lipinski definition) is 3. The van der Waals surface area contributed by atoms with Crippen molar-refractivity contribution in [3.8, 4) is 0 Å². The second-order valence-electron chi connectivity index (χ2n) is 6.93. The smallest absolute Gasteiger partial charge is 0.230 e. The Bertz CT molecular complexity index is 834. The summed E-state index contributed by atoms with van der Waals surface area (Å²) in [5.41, 5.74) is 1.25. The number of benzene rings is 2. The average Bonchev–Trinajstić information content (AvgIpc) is 2.95. The fourth-order valence-corrected chi connectivity index (χ4v) is 5.05. The molecule has 0 aromatic heterocycles. The number of carbonyl (C=O) groups excluding carboxylic acids is 1. The van der Waals surface area contributed by atoms with Gasteiger partial charge in [0.25, 0.3) is 0 Å². The van der Waals surface area contributed by atoms with Crippen LogP contribution in [-0.2, 0) is 26.5 Å². The van der Waals surface area contributed by atoms with Crippen LogP contribution in [0.4, 0.5) is 0 Å². The number of sulfone groups is 1. The molecule has 2 aromatic rings. The highest BCUT2D eigenvalue weighted by molar-refractivity contribution is 7.91. The minimum Gasteiger partial charge on any atom is -0.352 e. The van der Waals surface area contributed by atoms with Gasteiger partial charge in [-0.25, -0.2) is 8.42 Å². The van der Waals surface area contributed by atoms with Gasteiger partial charge in [-0.2, -0.15) is 0 Å². The van der Waals surface area contributed by atoms with E-state index in [0.717, 1.165) is 11.1 Å². The molecule has 1 aliphatic rings. The van der Waals surface area contributed by atoms with Crippen LogP contribution in [0.3, 0.4) is 0 Å². The fourth-order valence-electron chi connectivity index (χ4n) is 3.38. The summed E-state index contributed by atoms with van der Waals surface area (Å²) in [6.45, 7) is 1.92. The molecule has 132 valence electrons. The maximum absolute atomic E-state index is 13.1. The zero-order chi connectivity index (χ0) is 17.9. The van der Waals surface area contributed by atoms with Crippen molar-refractivity contribution in [1.82, 2.24) is 5.32 Å². The molecule has 0 radical (unpaired) electrons. The Morgan fingerprint density at radius 1 is 1.08 bits per heavy atom. The second-order valence-corrected chi connectivity index (χ2v) is 9.16. The van der Waals surface area contributed by atoms with E-state index in [9.17, 15) is 13.2 Å². The predicted octanol–water partition coefficient (Wildman–Crippen LogP) is 2.49. The van der Waals surface area contributed by atoms with Gasteiger partial charge in [0.1, 0.15) is 0 Å². The van der Waals surface area contributed by atoms with Gasteiger partial charge in [0.15, 0.2) is 9.84 Å². The molecule has 1 fully saturated rings. The van der Waals surface area contributed by atoms with E-state index in [1.165, 1.54) is 0 Å². The Morgan fingerprint density at radius 3 is 2.24 bits per heavy atom. The maximum Gasteiger partial charge on any atom is 0.230 e. The lowest BCUT2D eigenvalue weighted by atomic mass is 9.76. The lowest BCUT2D eigenvalue weighted by molar-refractivity contribution is -0.126. The Balaban J connectivity index is 1.87. The minimum absolute atomic E-state index is 0.0367. The predicted molar refractivity (Wildman–Crippen MR) is 99.1 cm³/mol. The molecule has 1 heterocycles. The van der Waals surface area contributed by atoms with Gasteiger partial charge >= 0.3 is 0 Å². The van der Waals surface area contributed by atoms with Gasteiger partial charge in [0, 0.05) is 6.04 Å². The average molecular weight is 357 g/mol. The molecule has 0 saturated carbocycles. The Morgan fingerprint density at radius 2 is 1.68 bits per heavy atom. The van der Waals surface area contributed by atoms with Crippen LogP contribution < -0.4 is 5.32 Å². The van der Waals surface area contributed by atoms with E-state index in [1.54, 1.807) is 0 Å². The van der Waals surface area contributed by atoms with Gasteiger partial charge in [-0.1, -0.05) is 60.7 Å². The largest absolute Gasteiger partial charge is 0.352 e. The van der Waals surface area contributed by atoms with Crippen LogP contribution in [0.5, 0.6) is 0 Å². The molecule has 1 saturated heterocycles. The van der Waals surface area contributed by atoms with Crippen molar-refractivity contribution in [3.63, 3.8) is 0 Å². The molecule has 4 nitrogen and oxygen atoms in total. The molecular weight excluding hydrogens is 334 g/mol. The van der Waals surface area contributed by atoms with Gasteiger partial charge in [0.05, 0.1) is 16.9 Å². The molecule has 0 aliphatic carbocycles. The molecule has 0 bridgehead atoms. The van der Waals surface area contributed by atoms with Gasteiger partial charge < -0.3 is 5.32 Å². The van der Waals surface area contributed by atoms with Crippen molar-refractivity contribution in [1.29, 1.82) is 0 Å². The summed E-state index contributed by atoms with van der Waals surface area (Å²) in [7, 11) is -3.02. The number of amides is 1. The van der Waals surface area contributed by atoms with Crippen molar-refractivity contribution in [2.45, 2.75) is 31.2 Å². The molecule has 2 aromatic carbocycles. The third-order valence-electron chi connectivity index (χ3n) is 4.88. The highest BCUT2D eigenvalue weighted by atomic mass is 32.2. The summed E-state index contributed by atoms with van der Waals surface area (Å²) in [5.74, 6) is 0.0674. The zero-order valence-corrected chi connectivity index (χ0v) is 15.1. The molecule has 2 atom stereocenters. The van der Waals surface area contributed by atoms with Crippen LogP contribution in [0, 0.1) is 0 Å². The zero-order valence-electron chi connectivity index (χ0n) is 14.3. The van der Waals surface area contributed by atoms with E-state index >= 15 is 0 Å². The fraction of sp³-hybridized carbons (Fsp3) is 0.350. The molecule has 1 N–H and O–H groups in total. The van der Waals surface area contributed by atoms with Crippen molar-refractivity contribution in [2.24, 2.45) is 0 Å². The maximum atomic E-state index is 13.1. The third-order valence-corrected chi connectivity index (χ3v) is 6.65. The number of rotatable bonds is 5. The van der Waals surface area contributed by atoms with Crippen LogP contribution in [0.2, 0.25) is 0 Å². The van der Waals surface area contributed by atoms with Crippen LogP contribution in [-0.4, -0.2) is 31.9 Å². The van der Waals surface area contributed by atoms with Crippen LogP contribution in [0.1, 0.15) is 24.5 Å². The summed E-state index contributed by atoms with van der Waals surface area (Å²) >= 11 is 0. The molecule has 1 amide bonds. The van der Waals surface area contributed by atoms with Gasteiger partial charge in [-0.05, 0) is 30.9 Å². The molecule has 1 aliphatic heterocycles. The number of hydrogen-bond donors (Lipinski definition) is 1. The lowest BCUT2D eigenvalue weighted by Crippen LogP contribution is -2.48. The monoisotopic (exact) mass is 357 g/mol. The normalized spacial score (nSPS) is 21.4. The summed E-state index contributed by atoms with van der Waals surface area (Å²) in [4.78, 5) is 13.1. The third kappa shape index (κ3) is 4.10. The van der Waals surface area contributed by atoms with Gasteiger partial charge in [-0.3, -0.25) is 4.79 Å². The van der Waals surface area contributed by atoms with Crippen molar-refractivity contribution in [3.05, 3.63) is 71.8 Å². The Hall–Kier alpha value is -2.14. The van der Waals surface area contributed by atoms with Crippen molar-refractivity contribution < 1.29 is 13.2 Å². The van der Waals surface area contributed by atoms with E-state index in [4.69, 9.17) is 0 Å². The summed E-state index contributed by atoms with van der Waals surface area (Å²) in [6.07, 6.45) is 1.05. The van der Waals surface area contributed by atoms with Crippen molar-refractivity contribution >= 4 is 15.7 Å². The molecule has 2 unspecified atom stereocenters. The summed E-state index contributed by atoms with van der Waals surface area (Å²) < 4.78 is 23.4. The standard InChI is InChI=1S/C20H23NO3S/c1-20(17-10-6-3-7-11-17,14-16-8-4-2-5-9-16)19(22)21-18-12-13-25(23,24)15-18/h2-11,18H,12-15H2,1H3,(H,21,22). The highest BCUT2D eigenvalue weighted by Gasteiger charge is 2.38. The van der Waals surface area contributed by atoms with E-state index in [-0.39, 0.29) is 23.5 Å². The van der Waals surface area contributed by atoms with Crippen LogP contribution in [0.15, 0.2) is 60.7 Å². The van der Waals surface area contributed by atoms with E-state index in [2.05, 4.69) is 5.32 Å². The van der Waals surface area contributed by atoms with Crippen molar-refractivity contribution in [2.75, 3.05) is 11.5 Å². The topological polar surface area (TPSA) is 63.2 Å². The Labute approximate surface area is 149 Å². The van der Waals surface area contributed by atoms with Crippen LogP contribution >= 0.6 is 0 Å². The van der Waals surface area contributed by atoms with E-state index in [1.807, 2.05) is 67.6 Å². The van der Waals surface area contributed by atoms with E-state index in [0.29, 0.717) is 12.8 Å². The number of carbonyl (C=O) groups is 1. The van der Waals surface area contributed by atoms with Gasteiger partial charge in [0.2, 0.25) is 5.91 Å². The van der Waals surface area contributed by atoms with Crippen LogP contribution in [0.25, 0.3) is 0 Å². The minimum atomic E-state index is -3.02. The van der Waals surface area contributed by atoms with E-state index < -0.39 is 15.3 Å². The molecule has 25 heavy (non-hydrogen) atoms. The molecule has 3 rings (SSSR count). The first kappa shape index (κ1) is 17.7. The quantitative estimate of drug-likeness (QED) is 0.894. The Kier molecular flexibility index (Phi) is 4.95. The summed E-state index contributed by atoms with van der Waals surface area (Å²) in [5, 5.41) is 2.98. The first-order valence-corrected chi connectivity index (χ1v) is 10.3.